The van der Waals surface area contributed by atoms with Gasteiger partial charge in [-0.2, -0.15) is 11.8 Å². The minimum atomic E-state index is 0. The molecular weight excluding hydrogens is 497 g/mol. The Morgan fingerprint density at radius 2 is 1.79 bits per heavy atom. The van der Waals surface area contributed by atoms with E-state index >= 15 is 0 Å². The van der Waals surface area contributed by atoms with Crippen LogP contribution in [-0.4, -0.2) is 85.0 Å². The standard InChI is InChI=1S/C21H41N5OS.HI/c1-4-12-25(6-3)13-11-23-21(22-5-2)24-19-9-7-18(8-10-19)20(27)26-14-16-28-17-15-26;/h18-19H,4-17H2,1-3H3,(H2,22,23,24);1H. The molecule has 0 aromatic rings. The second kappa shape index (κ2) is 15.6. The van der Waals surface area contributed by atoms with Crippen LogP contribution in [0.15, 0.2) is 4.99 Å². The lowest BCUT2D eigenvalue weighted by atomic mass is 9.85. The van der Waals surface area contributed by atoms with Crippen molar-refractivity contribution in [2.45, 2.75) is 58.9 Å². The number of carbonyl (C=O) groups is 1. The Hall–Kier alpha value is -0.220. The minimum Gasteiger partial charge on any atom is -0.357 e. The maximum Gasteiger partial charge on any atom is 0.225 e. The van der Waals surface area contributed by atoms with Crippen molar-refractivity contribution in [1.82, 2.24) is 20.4 Å². The summed E-state index contributed by atoms with van der Waals surface area (Å²) in [4.78, 5) is 22.0. The molecule has 2 N–H and O–H groups in total. The number of carbonyl (C=O) groups excluding carboxylic acids is 1. The number of hydrogen-bond donors (Lipinski definition) is 2. The number of rotatable bonds is 9. The van der Waals surface area contributed by atoms with Crippen molar-refractivity contribution in [3.05, 3.63) is 0 Å². The van der Waals surface area contributed by atoms with Crippen LogP contribution in [0.25, 0.3) is 0 Å². The second-order valence-electron chi connectivity index (χ2n) is 7.83. The SMILES string of the molecule is CCCN(CC)CCN=C(NCC)NC1CCC(C(=O)N2CCSCC2)CC1.I. The molecule has 8 heteroatoms. The van der Waals surface area contributed by atoms with E-state index in [0.717, 1.165) is 89.0 Å². The predicted octanol–water partition coefficient (Wildman–Crippen LogP) is 3.03. The first kappa shape index (κ1) is 26.8. The van der Waals surface area contributed by atoms with Gasteiger partial charge in [0.05, 0.1) is 6.54 Å². The summed E-state index contributed by atoms with van der Waals surface area (Å²) in [5.74, 6) is 3.75. The molecule has 29 heavy (non-hydrogen) atoms. The minimum absolute atomic E-state index is 0. The van der Waals surface area contributed by atoms with Crippen LogP contribution in [0.1, 0.15) is 52.9 Å². The molecule has 1 aliphatic carbocycles. The number of thioether (sulfide) groups is 1. The maximum absolute atomic E-state index is 12.7. The summed E-state index contributed by atoms with van der Waals surface area (Å²) < 4.78 is 0. The lowest BCUT2D eigenvalue weighted by molar-refractivity contribution is -0.136. The van der Waals surface area contributed by atoms with Crippen LogP contribution in [0.5, 0.6) is 0 Å². The van der Waals surface area contributed by atoms with Crippen LogP contribution in [-0.2, 0) is 4.79 Å². The van der Waals surface area contributed by atoms with Gasteiger partial charge in [-0.15, -0.1) is 24.0 Å². The summed E-state index contributed by atoms with van der Waals surface area (Å²) in [6.45, 7) is 13.4. The zero-order valence-electron chi connectivity index (χ0n) is 18.6. The summed E-state index contributed by atoms with van der Waals surface area (Å²) in [6.07, 6.45) is 5.30. The lowest BCUT2D eigenvalue weighted by Crippen LogP contribution is -2.47. The van der Waals surface area contributed by atoms with Crippen LogP contribution in [0.4, 0.5) is 0 Å². The molecule has 0 aromatic heterocycles. The highest BCUT2D eigenvalue weighted by Gasteiger charge is 2.30. The Labute approximate surface area is 199 Å². The molecule has 0 unspecified atom stereocenters. The molecule has 0 atom stereocenters. The fourth-order valence-electron chi connectivity index (χ4n) is 4.09. The smallest absolute Gasteiger partial charge is 0.225 e. The van der Waals surface area contributed by atoms with Crippen LogP contribution in [0.3, 0.4) is 0 Å². The molecule has 0 spiro atoms. The Morgan fingerprint density at radius 1 is 1.10 bits per heavy atom. The number of aliphatic imine (C=N–C) groups is 1. The normalized spacial score (nSPS) is 22.9. The molecule has 0 radical (unpaired) electrons. The second-order valence-corrected chi connectivity index (χ2v) is 9.05. The van der Waals surface area contributed by atoms with Gasteiger partial charge in [-0.1, -0.05) is 13.8 Å². The number of halogens is 1. The summed E-state index contributed by atoms with van der Waals surface area (Å²) in [6, 6.07) is 0.427. The van der Waals surface area contributed by atoms with Gasteiger partial charge in [0.1, 0.15) is 0 Å². The molecule has 1 amide bonds. The topological polar surface area (TPSA) is 60.0 Å². The molecule has 2 fully saturated rings. The summed E-state index contributed by atoms with van der Waals surface area (Å²) in [5.41, 5.74) is 0. The molecule has 0 aromatic carbocycles. The van der Waals surface area contributed by atoms with Gasteiger partial charge in [-0.05, 0) is 52.1 Å². The van der Waals surface area contributed by atoms with E-state index < -0.39 is 0 Å². The molecule has 1 heterocycles. The van der Waals surface area contributed by atoms with Crippen LogP contribution in [0.2, 0.25) is 0 Å². The first-order valence-corrected chi connectivity index (χ1v) is 12.5. The average molecular weight is 540 g/mol. The number of guanidine groups is 1. The molecule has 6 nitrogen and oxygen atoms in total. The largest absolute Gasteiger partial charge is 0.357 e. The number of amides is 1. The molecule has 2 aliphatic rings. The summed E-state index contributed by atoms with van der Waals surface area (Å²) >= 11 is 1.96. The Bertz CT molecular complexity index is 480. The monoisotopic (exact) mass is 539 g/mol. The van der Waals surface area contributed by atoms with Gasteiger partial charge < -0.3 is 20.4 Å². The molecule has 170 valence electrons. The maximum atomic E-state index is 12.7. The highest BCUT2D eigenvalue weighted by Crippen LogP contribution is 2.27. The third kappa shape index (κ3) is 9.63. The van der Waals surface area contributed by atoms with Crippen LogP contribution < -0.4 is 10.6 Å². The Morgan fingerprint density at radius 3 is 2.38 bits per heavy atom. The van der Waals surface area contributed by atoms with Crippen LogP contribution in [0, 0.1) is 5.92 Å². The molecule has 1 saturated heterocycles. The first-order valence-electron chi connectivity index (χ1n) is 11.3. The average Bonchev–Trinajstić information content (AvgIpc) is 2.74. The van der Waals surface area contributed by atoms with Crippen molar-refractivity contribution in [3.63, 3.8) is 0 Å². The van der Waals surface area contributed by atoms with Gasteiger partial charge in [0.2, 0.25) is 5.91 Å². The number of nitrogens with zero attached hydrogens (tertiary/aromatic N) is 3. The number of likely N-dealkylation sites (N-methyl/N-ethyl adjacent to an activating group) is 1. The van der Waals surface area contributed by atoms with Gasteiger partial charge in [-0.25, -0.2) is 0 Å². The molecular formula is C21H42IN5OS. The van der Waals surface area contributed by atoms with Gasteiger partial charge in [0.25, 0.3) is 0 Å². The van der Waals surface area contributed by atoms with E-state index in [1.807, 2.05) is 11.8 Å². The van der Waals surface area contributed by atoms with E-state index in [0.29, 0.717) is 11.9 Å². The van der Waals surface area contributed by atoms with Gasteiger partial charge in [-0.3, -0.25) is 9.79 Å². The highest BCUT2D eigenvalue weighted by atomic mass is 127. The number of hydrogen-bond acceptors (Lipinski definition) is 4. The van der Waals surface area contributed by atoms with Crippen molar-refractivity contribution < 1.29 is 4.79 Å². The van der Waals surface area contributed by atoms with Crippen LogP contribution >= 0.6 is 35.7 Å². The van der Waals surface area contributed by atoms with E-state index in [4.69, 9.17) is 4.99 Å². The predicted molar refractivity (Wildman–Crippen MR) is 137 cm³/mol. The zero-order chi connectivity index (χ0) is 20.2. The molecule has 0 bridgehead atoms. The van der Waals surface area contributed by atoms with E-state index in [1.54, 1.807) is 0 Å². The third-order valence-corrected chi connectivity index (χ3v) is 6.70. The quantitative estimate of drug-likeness (QED) is 0.268. The Balaban J connectivity index is 0.00000420. The summed E-state index contributed by atoms with van der Waals surface area (Å²) in [7, 11) is 0. The van der Waals surface area contributed by atoms with Gasteiger partial charge >= 0.3 is 0 Å². The molecule has 1 saturated carbocycles. The summed E-state index contributed by atoms with van der Waals surface area (Å²) in [5, 5.41) is 6.99. The van der Waals surface area contributed by atoms with Crippen molar-refractivity contribution >= 4 is 47.6 Å². The molecule has 2 rings (SSSR count). The van der Waals surface area contributed by atoms with Crippen molar-refractivity contribution in [3.8, 4) is 0 Å². The fraction of sp³-hybridized carbons (Fsp3) is 0.905. The third-order valence-electron chi connectivity index (χ3n) is 5.76. The molecule has 1 aliphatic heterocycles. The van der Waals surface area contributed by atoms with Gasteiger partial charge in [0.15, 0.2) is 5.96 Å². The van der Waals surface area contributed by atoms with E-state index in [9.17, 15) is 4.79 Å². The highest BCUT2D eigenvalue weighted by molar-refractivity contribution is 14.0. The first-order chi connectivity index (χ1) is 13.7. The van der Waals surface area contributed by atoms with Crippen molar-refractivity contribution in [2.75, 3.05) is 57.3 Å². The number of nitrogens with one attached hydrogen (secondary N) is 2. The lowest BCUT2D eigenvalue weighted by Gasteiger charge is -2.34. The van der Waals surface area contributed by atoms with E-state index in [1.165, 1.54) is 6.42 Å². The Kier molecular flexibility index (Phi) is 14.4. The van der Waals surface area contributed by atoms with E-state index in [-0.39, 0.29) is 29.9 Å². The fourth-order valence-corrected chi connectivity index (χ4v) is 4.99. The van der Waals surface area contributed by atoms with Crippen molar-refractivity contribution in [2.24, 2.45) is 10.9 Å². The van der Waals surface area contributed by atoms with Gasteiger partial charge in [0, 0.05) is 49.6 Å². The van der Waals surface area contributed by atoms with E-state index in [2.05, 4.69) is 41.2 Å². The van der Waals surface area contributed by atoms with Crippen molar-refractivity contribution in [1.29, 1.82) is 0 Å². The zero-order valence-corrected chi connectivity index (χ0v) is 21.8.